The normalized spacial score (nSPS) is 13.2. The zero-order valence-electron chi connectivity index (χ0n) is 25.4. The number of rotatable bonds is 9. The second kappa shape index (κ2) is 13.3. The van der Waals surface area contributed by atoms with Gasteiger partial charge in [0.15, 0.2) is 0 Å². The molecule has 214 valence electrons. The topological polar surface area (TPSA) is 3.24 Å². The minimum Gasteiger partial charge on any atom is -0.310 e. The molecule has 0 bridgehead atoms. The van der Waals surface area contributed by atoms with E-state index in [1.54, 1.807) is 0 Å². The third kappa shape index (κ3) is 5.91. The minimum absolute atomic E-state index is 0.963. The molecule has 1 aliphatic rings. The van der Waals surface area contributed by atoms with Gasteiger partial charge in [-0.1, -0.05) is 134 Å². The molecule has 1 aliphatic carbocycles. The molecule has 0 amide bonds. The van der Waals surface area contributed by atoms with Crippen molar-refractivity contribution in [2.24, 2.45) is 0 Å². The number of nitrogens with zero attached hydrogens (tertiary/aromatic N) is 1. The lowest BCUT2D eigenvalue weighted by Gasteiger charge is -2.27. The van der Waals surface area contributed by atoms with Gasteiger partial charge in [0, 0.05) is 17.1 Å². The van der Waals surface area contributed by atoms with E-state index in [-0.39, 0.29) is 0 Å². The number of allylic oxidation sites excluding steroid dienone is 9. The highest BCUT2D eigenvalue weighted by Gasteiger charge is 2.23. The molecule has 0 spiro atoms. The number of benzene rings is 5. The Morgan fingerprint density at radius 3 is 2.23 bits per heavy atom. The molecule has 0 aliphatic heterocycles. The molecule has 1 nitrogen and oxygen atoms in total. The molecule has 6 rings (SSSR count). The van der Waals surface area contributed by atoms with Crippen molar-refractivity contribution in [3.05, 3.63) is 192 Å². The van der Waals surface area contributed by atoms with E-state index in [9.17, 15) is 0 Å². The number of hydrogen-bond acceptors (Lipinski definition) is 1. The van der Waals surface area contributed by atoms with Crippen molar-refractivity contribution in [1.82, 2.24) is 0 Å². The molecule has 5 aromatic carbocycles. The molecule has 0 fully saturated rings. The van der Waals surface area contributed by atoms with Crippen LogP contribution < -0.4 is 4.90 Å². The quantitative estimate of drug-likeness (QED) is 0.157. The zero-order valence-corrected chi connectivity index (χ0v) is 25.4. The van der Waals surface area contributed by atoms with Gasteiger partial charge in [-0.15, -0.1) is 0 Å². The highest BCUT2D eigenvalue weighted by Crippen LogP contribution is 2.44. The van der Waals surface area contributed by atoms with Crippen molar-refractivity contribution in [2.45, 2.75) is 20.3 Å². The van der Waals surface area contributed by atoms with Gasteiger partial charge in [0.2, 0.25) is 0 Å². The second-order valence-electron chi connectivity index (χ2n) is 10.9. The third-order valence-electron chi connectivity index (χ3n) is 8.12. The van der Waals surface area contributed by atoms with Gasteiger partial charge in [0.05, 0.1) is 0 Å². The Morgan fingerprint density at radius 2 is 1.45 bits per heavy atom. The van der Waals surface area contributed by atoms with Crippen LogP contribution in [-0.4, -0.2) is 0 Å². The van der Waals surface area contributed by atoms with Crippen LogP contribution in [0, 0.1) is 0 Å². The number of anilines is 2. The maximum Gasteiger partial charge on any atom is 0.0467 e. The molecular formula is C43H37N. The van der Waals surface area contributed by atoms with Gasteiger partial charge < -0.3 is 4.90 Å². The number of hydrogen-bond donors (Lipinski definition) is 0. The summed E-state index contributed by atoms with van der Waals surface area (Å²) in [5.74, 6) is 0. The van der Waals surface area contributed by atoms with Crippen molar-refractivity contribution >= 4 is 33.8 Å². The van der Waals surface area contributed by atoms with E-state index in [2.05, 4.69) is 164 Å². The first-order chi connectivity index (χ1) is 21.7. The van der Waals surface area contributed by atoms with Crippen LogP contribution in [0.2, 0.25) is 0 Å². The monoisotopic (exact) mass is 567 g/mol. The summed E-state index contributed by atoms with van der Waals surface area (Å²) in [4.78, 5) is 2.35. The van der Waals surface area contributed by atoms with Crippen LogP contribution in [0.15, 0.2) is 170 Å². The molecule has 0 saturated heterocycles. The lowest BCUT2D eigenvalue weighted by Crippen LogP contribution is -2.15. The molecule has 0 atom stereocenters. The Kier molecular flexibility index (Phi) is 8.66. The SMILES string of the molecule is C=C/C(=C\C=C/C)c1ccc(N(C(/C=C\C)=C/C=C/c2ccccc2)c2ccc3c(c2)-c2c(ccc4ccccc24)C3)cc1. The van der Waals surface area contributed by atoms with E-state index >= 15 is 0 Å². The van der Waals surface area contributed by atoms with Crippen molar-refractivity contribution < 1.29 is 0 Å². The van der Waals surface area contributed by atoms with E-state index in [0.29, 0.717) is 0 Å². The van der Waals surface area contributed by atoms with Gasteiger partial charge >= 0.3 is 0 Å². The summed E-state index contributed by atoms with van der Waals surface area (Å²) < 4.78 is 0. The average molecular weight is 568 g/mol. The summed E-state index contributed by atoms with van der Waals surface area (Å²) in [6.07, 6.45) is 19.8. The minimum atomic E-state index is 0.963. The summed E-state index contributed by atoms with van der Waals surface area (Å²) in [6, 6.07) is 39.4. The van der Waals surface area contributed by atoms with E-state index in [0.717, 1.165) is 34.6 Å². The molecule has 0 N–H and O–H groups in total. The first-order valence-corrected chi connectivity index (χ1v) is 15.3. The van der Waals surface area contributed by atoms with Crippen molar-refractivity contribution in [3.63, 3.8) is 0 Å². The van der Waals surface area contributed by atoms with E-state index < -0.39 is 0 Å². The molecule has 5 aromatic rings. The van der Waals surface area contributed by atoms with Crippen molar-refractivity contribution in [2.75, 3.05) is 4.90 Å². The fraction of sp³-hybridized carbons (Fsp3) is 0.0698. The van der Waals surface area contributed by atoms with Gasteiger partial charge in [-0.05, 0) is 106 Å². The highest BCUT2D eigenvalue weighted by molar-refractivity contribution is 6.01. The molecule has 44 heavy (non-hydrogen) atoms. The molecule has 0 unspecified atom stereocenters. The molecule has 0 aromatic heterocycles. The molecular weight excluding hydrogens is 530 g/mol. The van der Waals surface area contributed by atoms with Crippen LogP contribution >= 0.6 is 0 Å². The van der Waals surface area contributed by atoms with Gasteiger partial charge in [-0.3, -0.25) is 0 Å². The maximum absolute atomic E-state index is 4.04. The Morgan fingerprint density at radius 1 is 0.705 bits per heavy atom. The molecule has 0 saturated carbocycles. The van der Waals surface area contributed by atoms with Crippen LogP contribution in [0.3, 0.4) is 0 Å². The predicted molar refractivity (Wildman–Crippen MR) is 192 cm³/mol. The predicted octanol–water partition coefficient (Wildman–Crippen LogP) is 11.9. The average Bonchev–Trinajstić information content (AvgIpc) is 3.45. The Bertz CT molecular complexity index is 1950. The van der Waals surface area contributed by atoms with E-state index in [4.69, 9.17) is 0 Å². The van der Waals surface area contributed by atoms with Crippen LogP contribution in [0.1, 0.15) is 36.1 Å². The van der Waals surface area contributed by atoms with Crippen LogP contribution in [0.4, 0.5) is 11.4 Å². The zero-order chi connectivity index (χ0) is 30.3. The molecule has 0 heterocycles. The largest absolute Gasteiger partial charge is 0.310 e. The van der Waals surface area contributed by atoms with Gasteiger partial charge in [-0.25, -0.2) is 0 Å². The van der Waals surface area contributed by atoms with E-state index in [1.807, 2.05) is 25.1 Å². The standard InChI is InChI=1S/C43H37N/c1-4-7-18-33(6-3)34-24-27-39(28-25-34)44(38(14-5-2)20-13-17-32-15-9-8-10-16-32)40-29-26-36-30-37-23-22-35-19-11-12-21-41(35)43(37)42(36)31-40/h4-29,31H,3,30H2,1-2H3/b7-4-,14-5-,17-13+,33-18+,38-20+. The third-order valence-corrected chi connectivity index (χ3v) is 8.12. The highest BCUT2D eigenvalue weighted by atomic mass is 15.1. The van der Waals surface area contributed by atoms with Gasteiger partial charge in [0.25, 0.3) is 0 Å². The first kappa shape index (κ1) is 28.7. The first-order valence-electron chi connectivity index (χ1n) is 15.3. The fourth-order valence-electron chi connectivity index (χ4n) is 6.01. The fourth-order valence-corrected chi connectivity index (χ4v) is 6.01. The van der Waals surface area contributed by atoms with Gasteiger partial charge in [0.1, 0.15) is 0 Å². The summed E-state index contributed by atoms with van der Waals surface area (Å²) in [5, 5.41) is 2.60. The van der Waals surface area contributed by atoms with E-state index in [1.165, 1.54) is 38.6 Å². The molecule has 1 heteroatoms. The van der Waals surface area contributed by atoms with Crippen molar-refractivity contribution in [1.29, 1.82) is 0 Å². The Labute approximate surface area is 261 Å². The van der Waals surface area contributed by atoms with Crippen molar-refractivity contribution in [3.8, 4) is 11.1 Å². The van der Waals surface area contributed by atoms with Gasteiger partial charge in [-0.2, -0.15) is 0 Å². The molecule has 0 radical (unpaired) electrons. The lowest BCUT2D eigenvalue weighted by molar-refractivity contribution is 1.20. The van der Waals surface area contributed by atoms with Crippen LogP contribution in [0.5, 0.6) is 0 Å². The summed E-state index contributed by atoms with van der Waals surface area (Å²) in [6.45, 7) is 8.14. The second-order valence-corrected chi connectivity index (χ2v) is 10.9. The maximum atomic E-state index is 4.04. The number of fused-ring (bicyclic) bond motifs is 5. The Hall–Kier alpha value is -5.40. The Balaban J connectivity index is 1.49. The summed E-state index contributed by atoms with van der Waals surface area (Å²) >= 11 is 0. The lowest BCUT2D eigenvalue weighted by atomic mass is 9.97. The summed E-state index contributed by atoms with van der Waals surface area (Å²) in [5.41, 5.74) is 12.2. The van der Waals surface area contributed by atoms with Crippen LogP contribution in [-0.2, 0) is 6.42 Å². The van der Waals surface area contributed by atoms with Crippen LogP contribution in [0.25, 0.3) is 33.5 Å². The smallest absolute Gasteiger partial charge is 0.0467 e. The summed E-state index contributed by atoms with van der Waals surface area (Å²) in [7, 11) is 0.